The second-order valence-corrected chi connectivity index (χ2v) is 6.88. The van der Waals surface area contributed by atoms with E-state index in [0.29, 0.717) is 17.9 Å². The van der Waals surface area contributed by atoms with Crippen molar-refractivity contribution < 1.29 is 9.21 Å². The van der Waals surface area contributed by atoms with E-state index in [9.17, 15) is 4.79 Å². The Bertz CT molecular complexity index is 1070. The van der Waals surface area contributed by atoms with E-state index >= 15 is 0 Å². The van der Waals surface area contributed by atoms with E-state index in [-0.39, 0.29) is 0 Å². The van der Waals surface area contributed by atoms with Gasteiger partial charge in [0.05, 0.1) is 35.6 Å². The molecule has 0 radical (unpaired) electrons. The highest BCUT2D eigenvalue weighted by Crippen LogP contribution is 2.35. The summed E-state index contributed by atoms with van der Waals surface area (Å²) in [6, 6.07) is 16.7. The standard InChI is InChI=1S/C22H22N4O2/c1-14-5-3-4-6-18(14)26(22(24)27)16-9-7-15(8-10-16)21-20(23)17-11-12-28-19(17)13-25(21)2/h3-12H,13,23H2,1-2H3,(H2,24,27). The van der Waals surface area contributed by atoms with Crippen LogP contribution in [0.3, 0.4) is 0 Å². The van der Waals surface area contributed by atoms with E-state index < -0.39 is 6.03 Å². The van der Waals surface area contributed by atoms with Crippen LogP contribution in [0.25, 0.3) is 11.4 Å². The first-order valence-electron chi connectivity index (χ1n) is 9.00. The Labute approximate surface area is 163 Å². The van der Waals surface area contributed by atoms with Gasteiger partial charge in [0.15, 0.2) is 0 Å². The number of hydrogen-bond donors (Lipinski definition) is 2. The summed E-state index contributed by atoms with van der Waals surface area (Å²) in [6.45, 7) is 2.60. The fourth-order valence-corrected chi connectivity index (χ4v) is 3.67. The molecule has 6 nitrogen and oxygen atoms in total. The summed E-state index contributed by atoms with van der Waals surface area (Å²) in [7, 11) is 1.98. The molecule has 6 heteroatoms. The maximum atomic E-state index is 12.2. The second kappa shape index (κ2) is 6.81. The van der Waals surface area contributed by atoms with E-state index in [1.807, 2.05) is 68.6 Å². The fraction of sp³-hybridized carbons (Fsp3) is 0.136. The molecule has 0 aliphatic carbocycles. The van der Waals surface area contributed by atoms with E-state index in [1.165, 1.54) is 4.90 Å². The van der Waals surface area contributed by atoms with Crippen molar-refractivity contribution in [2.24, 2.45) is 11.5 Å². The zero-order valence-corrected chi connectivity index (χ0v) is 15.8. The second-order valence-electron chi connectivity index (χ2n) is 6.88. The Balaban J connectivity index is 1.74. The van der Waals surface area contributed by atoms with Crippen LogP contribution in [0.5, 0.6) is 0 Å². The Hall–Kier alpha value is -3.67. The number of rotatable bonds is 3. The van der Waals surface area contributed by atoms with Gasteiger partial charge in [-0.05, 0) is 36.8 Å². The van der Waals surface area contributed by atoms with Crippen LogP contribution in [0.4, 0.5) is 16.2 Å². The zero-order valence-electron chi connectivity index (χ0n) is 15.8. The number of para-hydroxylation sites is 1. The highest BCUT2D eigenvalue weighted by atomic mass is 16.3. The number of aryl methyl sites for hydroxylation is 1. The third kappa shape index (κ3) is 2.89. The molecule has 2 amide bonds. The SMILES string of the molecule is Cc1ccccc1N(C(N)=O)c1ccc(C2=C(N)c3ccoc3CN2C)cc1. The van der Waals surface area contributed by atoms with Crippen LogP contribution in [0.2, 0.25) is 0 Å². The normalized spacial score (nSPS) is 13.4. The van der Waals surface area contributed by atoms with Crippen molar-refractivity contribution in [1.82, 2.24) is 4.90 Å². The molecule has 4 rings (SSSR count). The number of carbonyl (C=O) groups excluding carboxylic acids is 1. The van der Waals surface area contributed by atoms with Gasteiger partial charge in [-0.3, -0.25) is 4.90 Å². The molecule has 2 heterocycles. The van der Waals surface area contributed by atoms with Gasteiger partial charge in [0.1, 0.15) is 5.76 Å². The van der Waals surface area contributed by atoms with Gasteiger partial charge < -0.3 is 20.8 Å². The Morgan fingerprint density at radius 2 is 1.82 bits per heavy atom. The molecule has 142 valence electrons. The minimum Gasteiger partial charge on any atom is -0.467 e. The van der Waals surface area contributed by atoms with Crippen LogP contribution in [-0.4, -0.2) is 18.0 Å². The van der Waals surface area contributed by atoms with Crippen LogP contribution in [0, 0.1) is 6.92 Å². The van der Waals surface area contributed by atoms with Gasteiger partial charge in [0.25, 0.3) is 0 Å². The quantitative estimate of drug-likeness (QED) is 0.724. The summed E-state index contributed by atoms with van der Waals surface area (Å²) in [6.07, 6.45) is 1.66. The summed E-state index contributed by atoms with van der Waals surface area (Å²) < 4.78 is 5.50. The highest BCUT2D eigenvalue weighted by molar-refractivity contribution is 5.99. The van der Waals surface area contributed by atoms with Gasteiger partial charge in [-0.1, -0.05) is 30.3 Å². The van der Waals surface area contributed by atoms with Crippen LogP contribution in [-0.2, 0) is 6.54 Å². The Kier molecular flexibility index (Phi) is 4.31. The fourth-order valence-electron chi connectivity index (χ4n) is 3.67. The predicted octanol–water partition coefficient (Wildman–Crippen LogP) is 4.03. The highest BCUT2D eigenvalue weighted by Gasteiger charge is 2.24. The summed E-state index contributed by atoms with van der Waals surface area (Å²) in [5.41, 5.74) is 18.0. The molecule has 1 aliphatic heterocycles. The largest absolute Gasteiger partial charge is 0.467 e. The lowest BCUT2D eigenvalue weighted by atomic mass is 10.0. The summed E-state index contributed by atoms with van der Waals surface area (Å²) in [4.78, 5) is 15.7. The topological polar surface area (TPSA) is 88.7 Å². The summed E-state index contributed by atoms with van der Waals surface area (Å²) >= 11 is 0. The van der Waals surface area contributed by atoms with Crippen LogP contribution < -0.4 is 16.4 Å². The molecule has 0 saturated carbocycles. The number of primary amides is 1. The Morgan fingerprint density at radius 1 is 1.11 bits per heavy atom. The third-order valence-electron chi connectivity index (χ3n) is 5.03. The number of amides is 2. The molecular weight excluding hydrogens is 352 g/mol. The van der Waals surface area contributed by atoms with Crippen molar-refractivity contribution in [3.05, 3.63) is 83.3 Å². The third-order valence-corrected chi connectivity index (χ3v) is 5.03. The minimum atomic E-state index is -0.529. The number of fused-ring (bicyclic) bond motifs is 1. The van der Waals surface area contributed by atoms with Crippen LogP contribution >= 0.6 is 0 Å². The molecule has 1 aliphatic rings. The number of hydrogen-bond acceptors (Lipinski definition) is 4. The van der Waals surface area contributed by atoms with E-state index in [2.05, 4.69) is 4.90 Å². The molecule has 0 atom stereocenters. The molecule has 4 N–H and O–H groups in total. The maximum Gasteiger partial charge on any atom is 0.323 e. The molecule has 1 aromatic heterocycles. The molecule has 0 spiro atoms. The predicted molar refractivity (Wildman–Crippen MR) is 111 cm³/mol. The minimum absolute atomic E-state index is 0.529. The number of furan rings is 1. The number of nitrogens with two attached hydrogens (primary N) is 2. The zero-order chi connectivity index (χ0) is 19.8. The van der Waals surface area contributed by atoms with Crippen molar-refractivity contribution in [2.75, 3.05) is 11.9 Å². The molecule has 28 heavy (non-hydrogen) atoms. The van der Waals surface area contributed by atoms with Crippen molar-refractivity contribution in [3.8, 4) is 0 Å². The summed E-state index contributed by atoms with van der Waals surface area (Å²) in [5, 5.41) is 0. The van der Waals surface area contributed by atoms with Gasteiger partial charge in [-0.15, -0.1) is 0 Å². The van der Waals surface area contributed by atoms with Crippen LogP contribution in [0.1, 0.15) is 22.5 Å². The van der Waals surface area contributed by atoms with Crippen molar-refractivity contribution in [3.63, 3.8) is 0 Å². The maximum absolute atomic E-state index is 12.2. The molecule has 0 fully saturated rings. The monoisotopic (exact) mass is 374 g/mol. The van der Waals surface area contributed by atoms with E-state index in [1.54, 1.807) is 6.26 Å². The number of nitrogens with zero attached hydrogens (tertiary/aromatic N) is 2. The smallest absolute Gasteiger partial charge is 0.323 e. The first-order chi connectivity index (χ1) is 13.5. The van der Waals surface area contributed by atoms with Gasteiger partial charge in [0.2, 0.25) is 0 Å². The van der Waals surface area contributed by atoms with E-state index in [0.717, 1.165) is 33.8 Å². The van der Waals surface area contributed by atoms with Crippen LogP contribution in [0.15, 0.2) is 65.3 Å². The van der Waals surface area contributed by atoms with Crippen molar-refractivity contribution in [1.29, 1.82) is 0 Å². The lowest BCUT2D eigenvalue weighted by Crippen LogP contribution is -2.32. The molecule has 3 aromatic rings. The summed E-state index contributed by atoms with van der Waals surface area (Å²) in [5.74, 6) is 0.861. The first kappa shape index (κ1) is 17.7. The van der Waals surface area contributed by atoms with Crippen molar-refractivity contribution >= 4 is 28.8 Å². The molecule has 0 saturated heterocycles. The number of benzene rings is 2. The lowest BCUT2D eigenvalue weighted by Gasteiger charge is -2.29. The van der Waals surface area contributed by atoms with Gasteiger partial charge in [-0.25, -0.2) is 4.79 Å². The van der Waals surface area contributed by atoms with Gasteiger partial charge in [0, 0.05) is 18.2 Å². The van der Waals surface area contributed by atoms with E-state index in [4.69, 9.17) is 15.9 Å². The average molecular weight is 374 g/mol. The number of urea groups is 1. The number of carbonyl (C=O) groups is 1. The van der Waals surface area contributed by atoms with Gasteiger partial charge in [-0.2, -0.15) is 0 Å². The lowest BCUT2D eigenvalue weighted by molar-refractivity contribution is 0.256. The van der Waals surface area contributed by atoms with Crippen molar-refractivity contribution in [2.45, 2.75) is 13.5 Å². The molecule has 2 aromatic carbocycles. The van der Waals surface area contributed by atoms with Gasteiger partial charge >= 0.3 is 6.03 Å². The molecular formula is C22H22N4O2. The number of anilines is 2. The Morgan fingerprint density at radius 3 is 2.50 bits per heavy atom. The molecule has 0 bridgehead atoms. The first-order valence-corrected chi connectivity index (χ1v) is 9.00. The average Bonchev–Trinajstić information content (AvgIpc) is 3.13. The molecule has 0 unspecified atom stereocenters.